The summed E-state index contributed by atoms with van der Waals surface area (Å²) in [5, 5.41) is 13.1. The van der Waals surface area contributed by atoms with Crippen molar-refractivity contribution in [3.05, 3.63) is 5.82 Å². The van der Waals surface area contributed by atoms with Gasteiger partial charge in [-0.1, -0.05) is 19.8 Å². The predicted molar refractivity (Wildman–Crippen MR) is 73.7 cm³/mol. The third kappa shape index (κ3) is 2.72. The predicted octanol–water partition coefficient (Wildman–Crippen LogP) is 0.794. The summed E-state index contributed by atoms with van der Waals surface area (Å²) in [5.74, 6) is 0.735. The molecule has 20 heavy (non-hydrogen) atoms. The van der Waals surface area contributed by atoms with Crippen molar-refractivity contribution in [3.63, 3.8) is 0 Å². The molecule has 0 radical (unpaired) electrons. The van der Waals surface area contributed by atoms with Gasteiger partial charge in [0.25, 0.3) is 15.2 Å². The minimum Gasteiger partial charge on any atom is -0.383 e. The first kappa shape index (κ1) is 15.4. The minimum absolute atomic E-state index is 0.0797. The molecule has 0 unspecified atom stereocenters. The summed E-state index contributed by atoms with van der Waals surface area (Å²) >= 11 is 0. The maximum atomic E-state index is 11.7. The number of methoxy groups -OCH3 is 1. The summed E-state index contributed by atoms with van der Waals surface area (Å²) in [6.45, 7) is 2.90. The molecular formula is C12H22N4O3S. The molecule has 1 aromatic heterocycles. The number of rotatable bonds is 6. The Bertz CT molecular complexity index is 561. The second kappa shape index (κ2) is 5.79. The largest absolute Gasteiger partial charge is 0.383 e. The number of aromatic nitrogens is 3. The summed E-state index contributed by atoms with van der Waals surface area (Å²) in [6, 6.07) is 0. The van der Waals surface area contributed by atoms with Gasteiger partial charge >= 0.3 is 0 Å². The lowest BCUT2D eigenvalue weighted by molar-refractivity contribution is 0.181. The summed E-state index contributed by atoms with van der Waals surface area (Å²) in [6.07, 6.45) is 5.21. The molecule has 0 atom stereocenters. The van der Waals surface area contributed by atoms with Crippen LogP contribution in [0.15, 0.2) is 5.16 Å². The first-order chi connectivity index (χ1) is 9.44. The molecule has 114 valence electrons. The summed E-state index contributed by atoms with van der Waals surface area (Å²) in [4.78, 5) is 0. The van der Waals surface area contributed by atoms with E-state index in [1.54, 1.807) is 11.7 Å². The fraction of sp³-hybridized carbons (Fsp3) is 0.833. The highest BCUT2D eigenvalue weighted by Gasteiger charge is 2.40. The summed E-state index contributed by atoms with van der Waals surface area (Å²) in [7, 11) is -2.30. The first-order valence-electron chi connectivity index (χ1n) is 6.90. The van der Waals surface area contributed by atoms with Crippen LogP contribution in [0.3, 0.4) is 0 Å². The topological polar surface area (TPSA) is 100 Å². The van der Waals surface area contributed by atoms with E-state index in [4.69, 9.17) is 9.88 Å². The summed E-state index contributed by atoms with van der Waals surface area (Å²) < 4.78 is 30.0. The highest BCUT2D eigenvalue weighted by Crippen LogP contribution is 2.43. The van der Waals surface area contributed by atoms with Crippen molar-refractivity contribution in [2.24, 2.45) is 5.14 Å². The van der Waals surface area contributed by atoms with Gasteiger partial charge in [-0.05, 0) is 19.3 Å². The van der Waals surface area contributed by atoms with Crippen molar-refractivity contribution in [1.29, 1.82) is 0 Å². The Morgan fingerprint density at radius 3 is 2.50 bits per heavy atom. The number of nitrogens with two attached hydrogens (primary N) is 1. The number of ether oxygens (including phenoxy) is 1. The lowest BCUT2D eigenvalue weighted by Crippen LogP contribution is -2.29. The van der Waals surface area contributed by atoms with Gasteiger partial charge in [0.1, 0.15) is 5.82 Å². The van der Waals surface area contributed by atoms with Gasteiger partial charge in [0.05, 0.1) is 6.61 Å². The fourth-order valence-electron chi connectivity index (χ4n) is 3.06. The quantitative estimate of drug-likeness (QED) is 0.837. The molecule has 0 spiro atoms. The number of primary sulfonamides is 1. The lowest BCUT2D eigenvalue weighted by atomic mass is 9.82. The van der Waals surface area contributed by atoms with E-state index in [1.165, 1.54) is 0 Å². The monoisotopic (exact) mass is 302 g/mol. The van der Waals surface area contributed by atoms with Crippen molar-refractivity contribution in [1.82, 2.24) is 14.8 Å². The zero-order valence-corrected chi connectivity index (χ0v) is 12.8. The number of nitrogens with zero attached hydrogens (tertiary/aromatic N) is 3. The Kier molecular flexibility index (Phi) is 4.46. The molecule has 7 nitrogen and oxygen atoms in total. The molecule has 0 aromatic carbocycles. The zero-order chi connectivity index (χ0) is 14.8. The molecule has 2 rings (SSSR count). The zero-order valence-electron chi connectivity index (χ0n) is 12.0. The third-order valence-electron chi connectivity index (χ3n) is 4.20. The molecule has 1 heterocycles. The van der Waals surface area contributed by atoms with E-state index in [0.717, 1.165) is 37.9 Å². The second-order valence-electron chi connectivity index (χ2n) is 5.34. The first-order valence-corrected chi connectivity index (χ1v) is 8.44. The Morgan fingerprint density at radius 2 is 2.00 bits per heavy atom. The highest BCUT2D eigenvalue weighted by atomic mass is 32.2. The Balaban J connectivity index is 2.50. The van der Waals surface area contributed by atoms with Crippen molar-refractivity contribution in [2.45, 2.75) is 56.1 Å². The summed E-state index contributed by atoms with van der Waals surface area (Å²) in [5.41, 5.74) is -0.0797. The smallest absolute Gasteiger partial charge is 0.273 e. The fourth-order valence-corrected chi connectivity index (χ4v) is 3.70. The SMILES string of the molecule is CCC1(c2nnc(S(N)(=O)=O)n2CCOC)CCCC1. The molecule has 2 N–H and O–H groups in total. The van der Waals surface area contributed by atoms with Crippen LogP contribution < -0.4 is 5.14 Å². The van der Waals surface area contributed by atoms with Crippen LogP contribution >= 0.6 is 0 Å². The van der Waals surface area contributed by atoms with E-state index >= 15 is 0 Å². The molecule has 0 bridgehead atoms. The molecule has 0 aliphatic heterocycles. The van der Waals surface area contributed by atoms with Gasteiger partial charge in [-0.25, -0.2) is 13.6 Å². The maximum Gasteiger partial charge on any atom is 0.273 e. The van der Waals surface area contributed by atoms with E-state index in [-0.39, 0.29) is 10.6 Å². The lowest BCUT2D eigenvalue weighted by Gasteiger charge is -2.27. The van der Waals surface area contributed by atoms with Gasteiger partial charge in [-0.2, -0.15) is 0 Å². The van der Waals surface area contributed by atoms with Crippen LogP contribution in [0.2, 0.25) is 0 Å². The molecule has 1 aliphatic rings. The van der Waals surface area contributed by atoms with Crippen LogP contribution in [-0.4, -0.2) is 36.9 Å². The van der Waals surface area contributed by atoms with E-state index in [9.17, 15) is 8.42 Å². The van der Waals surface area contributed by atoms with Crippen LogP contribution in [-0.2, 0) is 26.7 Å². The van der Waals surface area contributed by atoms with Crippen LogP contribution in [0.5, 0.6) is 0 Å². The Hall–Kier alpha value is -0.990. The number of hydrogen-bond donors (Lipinski definition) is 1. The Labute approximate surface area is 119 Å². The molecule has 1 fully saturated rings. The van der Waals surface area contributed by atoms with Crippen molar-refractivity contribution < 1.29 is 13.2 Å². The van der Waals surface area contributed by atoms with Crippen LogP contribution in [0, 0.1) is 0 Å². The van der Waals surface area contributed by atoms with Gasteiger partial charge in [-0.15, -0.1) is 10.2 Å². The van der Waals surface area contributed by atoms with Gasteiger partial charge in [0, 0.05) is 19.1 Å². The molecule has 0 amide bonds. The average Bonchev–Trinajstić information content (AvgIpc) is 3.02. The number of sulfonamides is 1. The van der Waals surface area contributed by atoms with Gasteiger partial charge < -0.3 is 4.74 Å². The molecule has 1 aliphatic carbocycles. The van der Waals surface area contributed by atoms with E-state index in [0.29, 0.717) is 13.2 Å². The van der Waals surface area contributed by atoms with E-state index in [2.05, 4.69) is 17.1 Å². The van der Waals surface area contributed by atoms with Crippen molar-refractivity contribution in [3.8, 4) is 0 Å². The van der Waals surface area contributed by atoms with Crippen LogP contribution in [0.4, 0.5) is 0 Å². The molecule has 0 saturated heterocycles. The second-order valence-corrected chi connectivity index (χ2v) is 6.79. The van der Waals surface area contributed by atoms with E-state index in [1.807, 2.05) is 0 Å². The molecule has 1 saturated carbocycles. The van der Waals surface area contributed by atoms with Gasteiger partial charge in [-0.3, -0.25) is 4.57 Å². The van der Waals surface area contributed by atoms with Crippen molar-refractivity contribution >= 4 is 10.0 Å². The number of hydrogen-bond acceptors (Lipinski definition) is 5. The van der Waals surface area contributed by atoms with Crippen LogP contribution in [0.1, 0.15) is 44.9 Å². The van der Waals surface area contributed by atoms with Gasteiger partial charge in [0.15, 0.2) is 0 Å². The molecular weight excluding hydrogens is 280 g/mol. The normalized spacial score (nSPS) is 18.6. The van der Waals surface area contributed by atoms with Crippen molar-refractivity contribution in [2.75, 3.05) is 13.7 Å². The average molecular weight is 302 g/mol. The third-order valence-corrected chi connectivity index (χ3v) is 5.01. The molecule has 1 aromatic rings. The molecule has 8 heteroatoms. The van der Waals surface area contributed by atoms with Crippen LogP contribution in [0.25, 0.3) is 0 Å². The maximum absolute atomic E-state index is 11.7. The standard InChI is InChI=1S/C12H22N4O3S/c1-3-12(6-4-5-7-12)10-14-15-11(20(13,17)18)16(10)8-9-19-2/h3-9H2,1-2H3,(H2,13,17,18). The minimum atomic E-state index is -3.87. The van der Waals surface area contributed by atoms with Gasteiger partial charge in [0.2, 0.25) is 0 Å². The Morgan fingerprint density at radius 1 is 1.35 bits per heavy atom. The highest BCUT2D eigenvalue weighted by molar-refractivity contribution is 7.89. The van der Waals surface area contributed by atoms with E-state index < -0.39 is 10.0 Å².